The van der Waals surface area contributed by atoms with Crippen molar-refractivity contribution in [2.24, 2.45) is 0 Å². The number of hydrogen-bond acceptors (Lipinski definition) is 4. The number of rotatable bonds is 9. The van der Waals surface area contributed by atoms with Crippen LogP contribution in [0.5, 0.6) is 5.75 Å². The molecule has 0 spiro atoms. The van der Waals surface area contributed by atoms with Gasteiger partial charge in [-0.2, -0.15) is 0 Å². The quantitative estimate of drug-likeness (QED) is 0.667. The highest BCUT2D eigenvalue weighted by Crippen LogP contribution is 2.17. The Morgan fingerprint density at radius 3 is 2.26 bits per heavy atom. The summed E-state index contributed by atoms with van der Waals surface area (Å²) >= 11 is 0. The molecule has 7 heteroatoms. The largest absolute Gasteiger partial charge is 0.492 e. The molecule has 2 rings (SSSR count). The van der Waals surface area contributed by atoms with Crippen LogP contribution in [0.1, 0.15) is 17.5 Å². The lowest BCUT2D eigenvalue weighted by Crippen LogP contribution is -2.28. The fourth-order valence-corrected chi connectivity index (χ4v) is 3.28. The Labute approximate surface area is 161 Å². The lowest BCUT2D eigenvalue weighted by Gasteiger charge is -2.12. The van der Waals surface area contributed by atoms with Gasteiger partial charge in [0.1, 0.15) is 12.4 Å². The second kappa shape index (κ2) is 9.53. The molecule has 0 fully saturated rings. The minimum atomic E-state index is -3.44. The van der Waals surface area contributed by atoms with Gasteiger partial charge in [0.2, 0.25) is 15.9 Å². The Morgan fingerprint density at radius 1 is 1.04 bits per heavy atom. The van der Waals surface area contributed by atoms with E-state index in [-0.39, 0.29) is 10.8 Å². The molecule has 0 aliphatic rings. The molecule has 0 aliphatic carbocycles. The average Bonchev–Trinajstić information content (AvgIpc) is 2.65. The van der Waals surface area contributed by atoms with Gasteiger partial charge in [-0.1, -0.05) is 29.8 Å². The molecule has 0 unspecified atom stereocenters. The van der Waals surface area contributed by atoms with Gasteiger partial charge in [-0.15, -0.1) is 0 Å². The molecule has 0 radical (unpaired) electrons. The summed E-state index contributed by atoms with van der Waals surface area (Å²) < 4.78 is 30.7. The van der Waals surface area contributed by atoms with E-state index in [1.54, 1.807) is 12.1 Å². The summed E-state index contributed by atoms with van der Waals surface area (Å²) in [5, 5.41) is 2.82. The van der Waals surface area contributed by atoms with Crippen molar-refractivity contribution in [3.05, 3.63) is 59.7 Å². The maximum absolute atomic E-state index is 12.0. The van der Waals surface area contributed by atoms with Crippen LogP contribution in [0.15, 0.2) is 53.4 Å². The summed E-state index contributed by atoms with van der Waals surface area (Å²) in [4.78, 5) is 12.1. The monoisotopic (exact) mass is 390 g/mol. The summed E-state index contributed by atoms with van der Waals surface area (Å²) in [6, 6.07) is 14.4. The van der Waals surface area contributed by atoms with E-state index in [2.05, 4.69) is 5.32 Å². The zero-order valence-electron chi connectivity index (χ0n) is 15.9. The summed E-state index contributed by atoms with van der Waals surface area (Å²) in [6.07, 6.45) is 1.13. The van der Waals surface area contributed by atoms with Gasteiger partial charge in [-0.3, -0.25) is 4.79 Å². The smallest absolute Gasteiger partial charge is 0.242 e. The van der Waals surface area contributed by atoms with Crippen LogP contribution in [0.4, 0.5) is 0 Å². The summed E-state index contributed by atoms with van der Waals surface area (Å²) in [5.74, 6) is 0.535. The van der Waals surface area contributed by atoms with Gasteiger partial charge in [-0.25, -0.2) is 12.7 Å². The number of nitrogens with zero attached hydrogens (tertiary/aromatic N) is 1. The third-order valence-electron chi connectivity index (χ3n) is 4.06. The minimum absolute atomic E-state index is 0.0217. The first-order valence-corrected chi connectivity index (χ1v) is 10.2. The number of aryl methyl sites for hydroxylation is 2. The lowest BCUT2D eigenvalue weighted by atomic mass is 10.1. The van der Waals surface area contributed by atoms with Gasteiger partial charge in [0, 0.05) is 20.5 Å². The SMILES string of the molecule is Cc1ccc(CCC(=O)NCCOc2ccc(S(=O)(=O)N(C)C)cc2)cc1. The topological polar surface area (TPSA) is 75.7 Å². The fourth-order valence-electron chi connectivity index (χ4n) is 2.38. The molecule has 0 atom stereocenters. The van der Waals surface area contributed by atoms with Crippen LogP contribution in [0.2, 0.25) is 0 Å². The van der Waals surface area contributed by atoms with Crippen LogP contribution < -0.4 is 10.1 Å². The van der Waals surface area contributed by atoms with E-state index >= 15 is 0 Å². The van der Waals surface area contributed by atoms with Gasteiger partial charge >= 0.3 is 0 Å². The normalized spacial score (nSPS) is 11.4. The second-order valence-corrected chi connectivity index (χ2v) is 8.59. The van der Waals surface area contributed by atoms with Crippen LogP contribution in [-0.4, -0.2) is 45.9 Å². The zero-order chi connectivity index (χ0) is 19.9. The molecule has 6 nitrogen and oxygen atoms in total. The number of amides is 1. The van der Waals surface area contributed by atoms with Crippen LogP contribution in [0.3, 0.4) is 0 Å². The highest BCUT2D eigenvalue weighted by Gasteiger charge is 2.16. The Morgan fingerprint density at radius 2 is 1.67 bits per heavy atom. The molecule has 0 saturated heterocycles. The molecular formula is C20H26N2O4S. The number of sulfonamides is 1. The Bertz CT molecular complexity index is 845. The fraction of sp³-hybridized carbons (Fsp3) is 0.350. The summed E-state index contributed by atoms with van der Waals surface area (Å²) in [5.41, 5.74) is 2.34. The Hall–Kier alpha value is -2.38. The molecule has 0 aromatic heterocycles. The molecule has 2 aromatic carbocycles. The maximum Gasteiger partial charge on any atom is 0.242 e. The second-order valence-electron chi connectivity index (χ2n) is 6.44. The van der Waals surface area contributed by atoms with Crippen LogP contribution >= 0.6 is 0 Å². The standard InChI is InChI=1S/C20H26N2O4S/c1-16-4-6-17(7-5-16)8-13-20(23)21-14-15-26-18-9-11-19(12-10-18)27(24,25)22(2)3/h4-7,9-12H,8,13-15H2,1-3H3,(H,21,23). The van der Waals surface area contributed by atoms with Crippen molar-refractivity contribution in [1.82, 2.24) is 9.62 Å². The lowest BCUT2D eigenvalue weighted by molar-refractivity contribution is -0.121. The predicted molar refractivity (Wildman–Crippen MR) is 105 cm³/mol. The maximum atomic E-state index is 12.0. The average molecular weight is 391 g/mol. The van der Waals surface area contributed by atoms with E-state index in [0.29, 0.717) is 31.7 Å². The molecule has 27 heavy (non-hydrogen) atoms. The first-order valence-electron chi connectivity index (χ1n) is 8.76. The van der Waals surface area contributed by atoms with Crippen molar-refractivity contribution in [1.29, 1.82) is 0 Å². The van der Waals surface area contributed by atoms with Crippen molar-refractivity contribution in [3.63, 3.8) is 0 Å². The molecule has 0 heterocycles. The van der Waals surface area contributed by atoms with Gasteiger partial charge in [0.15, 0.2) is 0 Å². The predicted octanol–water partition coefficient (Wildman–Crippen LogP) is 2.37. The number of carbonyl (C=O) groups is 1. The summed E-state index contributed by atoms with van der Waals surface area (Å²) in [7, 11) is -0.466. The summed E-state index contributed by atoms with van der Waals surface area (Å²) in [6.45, 7) is 2.74. The number of ether oxygens (including phenoxy) is 1. The van der Waals surface area contributed by atoms with Crippen LogP contribution in [0.25, 0.3) is 0 Å². The van der Waals surface area contributed by atoms with Gasteiger partial charge in [-0.05, 0) is 43.2 Å². The third-order valence-corrected chi connectivity index (χ3v) is 5.89. The molecule has 0 bridgehead atoms. The van der Waals surface area contributed by atoms with E-state index in [4.69, 9.17) is 4.74 Å². The van der Waals surface area contributed by atoms with Gasteiger partial charge < -0.3 is 10.1 Å². The number of benzene rings is 2. The zero-order valence-corrected chi connectivity index (χ0v) is 16.8. The highest BCUT2D eigenvalue weighted by molar-refractivity contribution is 7.89. The highest BCUT2D eigenvalue weighted by atomic mass is 32.2. The van der Waals surface area contributed by atoms with Crippen molar-refractivity contribution in [2.45, 2.75) is 24.7 Å². The van der Waals surface area contributed by atoms with Crippen molar-refractivity contribution in [3.8, 4) is 5.75 Å². The Balaban J connectivity index is 1.70. The molecule has 2 aromatic rings. The number of carbonyl (C=O) groups excluding carboxylic acids is 1. The van der Waals surface area contributed by atoms with Crippen LogP contribution in [0, 0.1) is 6.92 Å². The Kier molecular flexibility index (Phi) is 7.38. The van der Waals surface area contributed by atoms with E-state index in [1.165, 1.54) is 31.8 Å². The van der Waals surface area contributed by atoms with Gasteiger partial charge in [0.25, 0.3) is 0 Å². The first-order chi connectivity index (χ1) is 12.8. The van der Waals surface area contributed by atoms with Crippen molar-refractivity contribution >= 4 is 15.9 Å². The first kappa shape index (κ1) is 20.9. The molecule has 0 saturated carbocycles. The molecule has 1 N–H and O–H groups in total. The molecule has 0 aliphatic heterocycles. The number of nitrogens with one attached hydrogen (secondary N) is 1. The molecular weight excluding hydrogens is 364 g/mol. The number of hydrogen-bond donors (Lipinski definition) is 1. The van der Waals surface area contributed by atoms with Crippen molar-refractivity contribution < 1.29 is 17.9 Å². The van der Waals surface area contributed by atoms with Crippen molar-refractivity contribution in [2.75, 3.05) is 27.2 Å². The minimum Gasteiger partial charge on any atom is -0.492 e. The van der Waals surface area contributed by atoms with Gasteiger partial charge in [0.05, 0.1) is 11.4 Å². The van der Waals surface area contributed by atoms with E-state index in [1.807, 2.05) is 31.2 Å². The molecule has 1 amide bonds. The van der Waals surface area contributed by atoms with E-state index in [0.717, 1.165) is 9.87 Å². The van der Waals surface area contributed by atoms with E-state index < -0.39 is 10.0 Å². The molecule has 146 valence electrons. The third kappa shape index (κ3) is 6.37. The van der Waals surface area contributed by atoms with E-state index in [9.17, 15) is 13.2 Å². The van der Waals surface area contributed by atoms with Crippen LogP contribution in [-0.2, 0) is 21.2 Å².